The lowest BCUT2D eigenvalue weighted by Gasteiger charge is -2.30. The number of carbonyl (C=O) groups is 2. The molecule has 0 aliphatic rings. The molecule has 8 N–H and O–H groups in total. The molecular weight excluding hydrogens is 547 g/mol. The van der Waals surface area contributed by atoms with Gasteiger partial charge in [0.25, 0.3) is 5.08 Å². The van der Waals surface area contributed by atoms with Crippen molar-refractivity contribution in [2.45, 2.75) is 36.8 Å². The largest absolute Gasteiger partial charge is 0.369 e. The van der Waals surface area contributed by atoms with E-state index in [1.165, 1.54) is 0 Å². The Labute approximate surface area is 213 Å². The van der Waals surface area contributed by atoms with Crippen LogP contribution in [0.1, 0.15) is 24.8 Å². The van der Waals surface area contributed by atoms with Gasteiger partial charge in [0.05, 0.1) is 17.8 Å². The van der Waals surface area contributed by atoms with Crippen LogP contribution in [-0.4, -0.2) is 79.5 Å². The molecule has 0 aliphatic carbocycles. The number of carbonyl (C=O) groups excluding carboxylic acids is 2. The second-order valence-electron chi connectivity index (χ2n) is 8.05. The Bertz CT molecular complexity index is 912. The average molecular weight is 579 g/mol. The number of hydrogen-bond acceptors (Lipinski definition) is 6. The molecule has 0 spiro atoms. The normalized spacial score (nSPS) is 13.9. The zero-order valence-corrected chi connectivity index (χ0v) is 22.2. The molecule has 35 heavy (non-hydrogen) atoms. The van der Waals surface area contributed by atoms with E-state index in [2.05, 4.69) is 5.32 Å². The Balaban J connectivity index is 2.63. The van der Waals surface area contributed by atoms with Gasteiger partial charge < -0.3 is 35.7 Å². The molecule has 1 atom stereocenters. The highest BCUT2D eigenvalue weighted by atomic mass is 35.5. The van der Waals surface area contributed by atoms with E-state index < -0.39 is 38.6 Å². The van der Waals surface area contributed by atoms with Crippen LogP contribution in [0.5, 0.6) is 0 Å². The number of nitrogens with zero attached hydrogens (tertiary/aromatic N) is 1. The molecule has 0 aromatic heterocycles. The number of nitrogens with one attached hydrogen (secondary N) is 1. The number of amides is 2. The molecule has 0 heterocycles. The topological polar surface area (TPSA) is 207 Å². The zero-order chi connectivity index (χ0) is 26.9. The van der Waals surface area contributed by atoms with Gasteiger partial charge >= 0.3 is 21.6 Å². The van der Waals surface area contributed by atoms with E-state index in [0.717, 1.165) is 12.0 Å². The molecule has 0 aliphatic heterocycles. The summed E-state index contributed by atoms with van der Waals surface area (Å²) in [6.45, 7) is 0.761. The first kappa shape index (κ1) is 32.1. The van der Waals surface area contributed by atoms with Gasteiger partial charge in [-0.25, -0.2) is 9.28 Å². The van der Waals surface area contributed by atoms with Crippen molar-refractivity contribution in [3.8, 4) is 0 Å². The number of unbranched alkanes of at least 4 members (excludes halogenated alkanes) is 1. The Kier molecular flexibility index (Phi) is 12.5. The summed E-state index contributed by atoms with van der Waals surface area (Å²) >= 11 is 11.7. The highest BCUT2D eigenvalue weighted by Gasteiger charge is 2.58. The Morgan fingerprint density at radius 2 is 1.57 bits per heavy atom. The number of nitrogens with two attached hydrogens (primary N) is 1. The molecule has 1 aromatic rings. The van der Waals surface area contributed by atoms with Crippen LogP contribution in [0.4, 0.5) is 5.69 Å². The van der Waals surface area contributed by atoms with Gasteiger partial charge in [0.2, 0.25) is 5.91 Å². The van der Waals surface area contributed by atoms with Crippen LogP contribution in [0.3, 0.4) is 0 Å². The molecule has 1 aromatic carbocycles. The van der Waals surface area contributed by atoms with E-state index >= 15 is 0 Å². The molecular formula is C19H32Cl2N3O9P2+. The second-order valence-corrected chi connectivity index (χ2v) is 12.8. The minimum absolute atomic E-state index is 0.0139. The number of hydrogen-bond donors (Lipinski definition) is 7. The molecule has 0 fully saturated rings. The summed E-state index contributed by atoms with van der Waals surface area (Å²) in [4.78, 5) is 60.5. The summed E-state index contributed by atoms with van der Waals surface area (Å²) < 4.78 is 22.6. The lowest BCUT2D eigenvalue weighted by atomic mass is 10.0. The maximum atomic E-state index is 12.3. The standard InChI is InChI=1S/C19H31Cl2N3O9P2/c20-8-11-24(14-25,12-9-21)16-5-3-15(4-6-16)13-17(22)18(26)23-10-2-1-7-19(27,34(28,29)30)35(31,32)33/h3-6,14,17,27H,1-2,7-13,22H2,(H4-,23,26,28,29,30,31,32,33)/p+1/t17-/m0/s1. The van der Waals surface area contributed by atoms with Crippen LogP contribution in [0.15, 0.2) is 24.3 Å². The van der Waals surface area contributed by atoms with Crippen molar-refractivity contribution in [2.75, 3.05) is 31.4 Å². The van der Waals surface area contributed by atoms with Gasteiger partial charge in [-0.15, -0.1) is 23.2 Å². The number of alkyl halides is 2. The fourth-order valence-electron chi connectivity index (χ4n) is 3.40. The van der Waals surface area contributed by atoms with E-state index in [1.54, 1.807) is 24.3 Å². The second kappa shape index (κ2) is 13.6. The minimum Gasteiger partial charge on any atom is -0.368 e. The van der Waals surface area contributed by atoms with Crippen molar-refractivity contribution < 1.29 is 43.4 Å². The lowest BCUT2D eigenvalue weighted by molar-refractivity contribution is -0.122. The van der Waals surface area contributed by atoms with Crippen molar-refractivity contribution >= 4 is 56.4 Å². The molecule has 0 saturated heterocycles. The van der Waals surface area contributed by atoms with Gasteiger partial charge in [0, 0.05) is 6.54 Å². The monoisotopic (exact) mass is 578 g/mol. The van der Waals surface area contributed by atoms with Crippen molar-refractivity contribution in [3.63, 3.8) is 0 Å². The van der Waals surface area contributed by atoms with E-state index in [9.17, 15) is 23.8 Å². The highest BCUT2D eigenvalue weighted by molar-refractivity contribution is 7.72. The molecule has 0 bridgehead atoms. The SMILES string of the molecule is N[C@@H](Cc1ccc([N+](C=O)(CCCl)CCCl)cc1)C(=O)NCCCCC(O)(P(=O)(O)O)P(=O)(O)O. The van der Waals surface area contributed by atoms with E-state index in [0.29, 0.717) is 18.8 Å². The predicted molar refractivity (Wildman–Crippen MR) is 133 cm³/mol. The summed E-state index contributed by atoms with van der Waals surface area (Å²) in [5, 5.41) is 8.88. The molecule has 200 valence electrons. The fourth-order valence-corrected chi connectivity index (χ4v) is 6.26. The zero-order valence-electron chi connectivity index (χ0n) is 18.9. The maximum Gasteiger partial charge on any atom is 0.369 e. The molecule has 2 amide bonds. The third kappa shape index (κ3) is 8.59. The van der Waals surface area contributed by atoms with Gasteiger partial charge in [-0.05, 0) is 43.4 Å². The molecule has 16 heteroatoms. The first-order valence-corrected chi connectivity index (χ1v) is 14.9. The van der Waals surface area contributed by atoms with Gasteiger partial charge in [-0.1, -0.05) is 12.1 Å². The Morgan fingerprint density at radius 3 is 2.00 bits per heavy atom. The van der Waals surface area contributed by atoms with E-state index in [1.807, 2.05) is 0 Å². The highest BCUT2D eigenvalue weighted by Crippen LogP contribution is 2.69. The van der Waals surface area contributed by atoms with E-state index in [-0.39, 0.29) is 42.1 Å². The van der Waals surface area contributed by atoms with E-state index in [4.69, 9.17) is 48.5 Å². The summed E-state index contributed by atoms with van der Waals surface area (Å²) in [6, 6.07) is 6.06. The Morgan fingerprint density at radius 1 is 1.06 bits per heavy atom. The molecule has 0 saturated carbocycles. The van der Waals surface area contributed by atoms with Crippen molar-refractivity contribution in [2.24, 2.45) is 5.73 Å². The first-order chi connectivity index (χ1) is 16.2. The summed E-state index contributed by atoms with van der Waals surface area (Å²) in [5.74, 6) is 0.0253. The quantitative estimate of drug-likeness (QED) is 0.0482. The van der Waals surface area contributed by atoms with Crippen molar-refractivity contribution in [3.05, 3.63) is 29.8 Å². The first-order valence-electron chi connectivity index (χ1n) is 10.6. The number of halogens is 2. The van der Waals surface area contributed by atoms with Crippen LogP contribution in [0.25, 0.3) is 0 Å². The summed E-state index contributed by atoms with van der Waals surface area (Å²) in [7, 11) is -11.0. The average Bonchev–Trinajstić information content (AvgIpc) is 2.77. The summed E-state index contributed by atoms with van der Waals surface area (Å²) in [5.41, 5.74) is 7.38. The molecule has 12 nitrogen and oxygen atoms in total. The van der Waals surface area contributed by atoms with Gasteiger partial charge in [0.1, 0.15) is 18.8 Å². The number of quaternary nitrogens is 1. The Hall–Kier alpha value is -0.880. The molecule has 1 rings (SSSR count). The third-order valence-corrected chi connectivity index (χ3v) is 9.80. The third-order valence-electron chi connectivity index (χ3n) is 5.58. The van der Waals surface area contributed by atoms with Gasteiger partial charge in [-0.3, -0.25) is 13.9 Å². The molecule has 0 radical (unpaired) electrons. The van der Waals surface area contributed by atoms with Gasteiger partial charge in [0.15, 0.2) is 0 Å². The predicted octanol–water partition coefficient (Wildman–Crippen LogP) is 0.786. The van der Waals surface area contributed by atoms with Gasteiger partial charge in [-0.2, -0.15) is 0 Å². The van der Waals surface area contributed by atoms with Crippen LogP contribution >= 0.6 is 38.4 Å². The number of rotatable bonds is 16. The van der Waals surface area contributed by atoms with Crippen LogP contribution in [0, 0.1) is 0 Å². The van der Waals surface area contributed by atoms with Crippen molar-refractivity contribution in [1.82, 2.24) is 9.80 Å². The van der Waals surface area contributed by atoms with Crippen LogP contribution in [-0.2, 0) is 25.1 Å². The molecule has 0 unspecified atom stereocenters. The van der Waals surface area contributed by atoms with Crippen LogP contribution < -0.4 is 15.5 Å². The smallest absolute Gasteiger partial charge is 0.368 e. The maximum absolute atomic E-state index is 12.3. The van der Waals surface area contributed by atoms with Crippen LogP contribution in [0.2, 0.25) is 0 Å². The minimum atomic E-state index is -5.50. The number of aliphatic hydroxyl groups is 1. The lowest BCUT2D eigenvalue weighted by Crippen LogP contribution is -2.50. The fraction of sp³-hybridized carbons (Fsp3) is 0.579. The summed E-state index contributed by atoms with van der Waals surface area (Å²) in [6.07, 6.45) is 0.0331. The number of benzene rings is 1. The van der Waals surface area contributed by atoms with Crippen molar-refractivity contribution in [1.29, 1.82) is 0 Å².